The van der Waals surface area contributed by atoms with E-state index >= 15 is 0 Å². The zero-order valence-electron chi connectivity index (χ0n) is 15.4. The van der Waals surface area contributed by atoms with Gasteiger partial charge in [0.1, 0.15) is 5.75 Å². The van der Waals surface area contributed by atoms with E-state index in [0.717, 1.165) is 12.2 Å². The van der Waals surface area contributed by atoms with Crippen molar-refractivity contribution in [2.75, 3.05) is 14.1 Å². The van der Waals surface area contributed by atoms with Crippen molar-refractivity contribution in [3.05, 3.63) is 53.6 Å². The summed E-state index contributed by atoms with van der Waals surface area (Å²) in [6.45, 7) is 2.64. The van der Waals surface area contributed by atoms with Gasteiger partial charge in [-0.05, 0) is 56.9 Å². The number of aromatic hydroxyl groups is 1. The van der Waals surface area contributed by atoms with E-state index < -0.39 is 6.16 Å². The highest BCUT2D eigenvalue weighted by atomic mass is 16.7. The second-order valence-corrected chi connectivity index (χ2v) is 6.53. The average molecular weight is 367 g/mol. The Morgan fingerprint density at radius 2 is 1.89 bits per heavy atom. The molecule has 1 aromatic heterocycles. The Hall–Kier alpha value is -3.32. The predicted molar refractivity (Wildman–Crippen MR) is 104 cm³/mol. The largest absolute Gasteiger partial charge is 0.511 e. The van der Waals surface area contributed by atoms with E-state index in [1.807, 2.05) is 38.4 Å². The van der Waals surface area contributed by atoms with Crippen molar-refractivity contribution < 1.29 is 19.7 Å². The molecule has 7 nitrogen and oxygen atoms in total. The molecule has 2 aromatic carbocycles. The van der Waals surface area contributed by atoms with Gasteiger partial charge < -0.3 is 24.8 Å². The van der Waals surface area contributed by atoms with Gasteiger partial charge in [-0.3, -0.25) is 4.99 Å². The number of nitrogens with one attached hydrogen (secondary N) is 1. The highest BCUT2D eigenvalue weighted by Gasteiger charge is 2.15. The lowest BCUT2D eigenvalue weighted by Crippen LogP contribution is -2.10. The number of ether oxygens (including phenoxy) is 1. The quantitative estimate of drug-likeness (QED) is 0.358. The van der Waals surface area contributed by atoms with Crippen LogP contribution < -0.4 is 4.74 Å². The Bertz CT molecular complexity index is 1000. The van der Waals surface area contributed by atoms with Crippen LogP contribution in [0.4, 0.5) is 10.5 Å². The second kappa shape index (κ2) is 7.51. The summed E-state index contributed by atoms with van der Waals surface area (Å²) in [5.74, 6) is 0.152. The highest BCUT2D eigenvalue weighted by Crippen LogP contribution is 2.31. The first kappa shape index (κ1) is 18.5. The molecule has 1 heterocycles. The van der Waals surface area contributed by atoms with E-state index in [2.05, 4.69) is 14.9 Å². The zero-order chi connectivity index (χ0) is 19.6. The Labute approximate surface area is 156 Å². The second-order valence-electron chi connectivity index (χ2n) is 6.53. The number of hydrogen-bond donors (Lipinski definition) is 3. The maximum atomic E-state index is 10.8. The number of aromatic amines is 1. The summed E-state index contributed by atoms with van der Waals surface area (Å²) in [5, 5.41) is 19.7. The third kappa shape index (κ3) is 4.27. The number of H-pyrrole nitrogens is 1. The normalized spacial score (nSPS) is 11.9. The minimum Gasteiger partial charge on any atom is -0.494 e. The molecule has 140 valence electrons. The van der Waals surface area contributed by atoms with E-state index in [1.165, 1.54) is 11.6 Å². The number of carboxylic acid groups (broad SMARTS) is 1. The van der Waals surface area contributed by atoms with Gasteiger partial charge in [-0.1, -0.05) is 12.1 Å². The highest BCUT2D eigenvalue weighted by molar-refractivity contribution is 6.13. The fourth-order valence-electron chi connectivity index (χ4n) is 2.98. The Morgan fingerprint density at radius 3 is 2.52 bits per heavy atom. The molecule has 27 heavy (non-hydrogen) atoms. The van der Waals surface area contributed by atoms with Crippen LogP contribution >= 0.6 is 0 Å². The molecule has 3 aromatic rings. The van der Waals surface area contributed by atoms with Crippen LogP contribution in [0.3, 0.4) is 0 Å². The summed E-state index contributed by atoms with van der Waals surface area (Å²) in [5.41, 5.74) is 3.73. The minimum atomic E-state index is -1.39. The fourth-order valence-corrected chi connectivity index (χ4v) is 2.98. The van der Waals surface area contributed by atoms with Crippen LogP contribution in [0.2, 0.25) is 0 Å². The van der Waals surface area contributed by atoms with Gasteiger partial charge in [-0.2, -0.15) is 0 Å². The third-order valence-electron chi connectivity index (χ3n) is 4.05. The van der Waals surface area contributed by atoms with Crippen molar-refractivity contribution in [3.63, 3.8) is 0 Å². The lowest BCUT2D eigenvalue weighted by molar-refractivity contribution is 0.144. The smallest absolute Gasteiger partial charge is 0.494 e. The molecule has 0 bridgehead atoms. The molecule has 0 aliphatic heterocycles. The standard InChI is InChI=1S/C20H21N3O4/c1-12(21-14-6-4-13(5-7-14)11-23(2)3)18-16-10-15(27-20(25)26)8-9-17(16)22-19(18)24/h4-10,22,24H,11H2,1-3H3,(H,25,26). The van der Waals surface area contributed by atoms with Crippen molar-refractivity contribution >= 4 is 28.5 Å². The van der Waals surface area contributed by atoms with Gasteiger partial charge in [0.05, 0.1) is 17.0 Å². The molecule has 0 aliphatic carbocycles. The summed E-state index contributed by atoms with van der Waals surface area (Å²) in [6.07, 6.45) is -1.39. The monoisotopic (exact) mass is 367 g/mol. The van der Waals surface area contributed by atoms with Gasteiger partial charge in [0.2, 0.25) is 0 Å². The number of benzene rings is 2. The first-order valence-electron chi connectivity index (χ1n) is 8.38. The zero-order valence-corrected chi connectivity index (χ0v) is 15.4. The summed E-state index contributed by atoms with van der Waals surface area (Å²) in [4.78, 5) is 20.3. The van der Waals surface area contributed by atoms with Crippen LogP contribution in [0.15, 0.2) is 47.5 Å². The van der Waals surface area contributed by atoms with Crippen molar-refractivity contribution in [1.29, 1.82) is 0 Å². The van der Waals surface area contributed by atoms with Gasteiger partial charge in [0.15, 0.2) is 5.88 Å². The summed E-state index contributed by atoms with van der Waals surface area (Å²) < 4.78 is 4.71. The number of rotatable bonds is 5. The minimum absolute atomic E-state index is 0.0250. The van der Waals surface area contributed by atoms with Gasteiger partial charge in [0.25, 0.3) is 0 Å². The summed E-state index contributed by atoms with van der Waals surface area (Å²) in [6, 6.07) is 12.6. The molecule has 3 rings (SSSR count). The Balaban J connectivity index is 1.96. The van der Waals surface area contributed by atoms with Crippen LogP contribution in [0.1, 0.15) is 18.1 Å². The number of nitrogens with zero attached hydrogens (tertiary/aromatic N) is 2. The molecular weight excluding hydrogens is 346 g/mol. The average Bonchev–Trinajstić information content (AvgIpc) is 2.91. The van der Waals surface area contributed by atoms with Gasteiger partial charge in [-0.25, -0.2) is 4.79 Å². The molecule has 0 fully saturated rings. The molecule has 7 heteroatoms. The molecule has 0 amide bonds. The first-order valence-corrected chi connectivity index (χ1v) is 8.38. The topological polar surface area (TPSA) is 98.1 Å². The molecular formula is C20H21N3O4. The number of hydrogen-bond acceptors (Lipinski definition) is 5. The molecule has 3 N–H and O–H groups in total. The first-order chi connectivity index (χ1) is 12.8. The molecule has 0 saturated heterocycles. The molecule has 0 unspecified atom stereocenters. The van der Waals surface area contributed by atoms with Gasteiger partial charge in [0, 0.05) is 17.4 Å². The Kier molecular flexibility index (Phi) is 5.14. The molecule has 0 spiro atoms. The SMILES string of the molecule is CC(=Nc1ccc(CN(C)C)cc1)c1c(O)[nH]c2ccc(OC(=O)O)cc12. The Morgan fingerprint density at radius 1 is 1.19 bits per heavy atom. The predicted octanol–water partition coefficient (Wildman–Crippen LogP) is 4.13. The van der Waals surface area contributed by atoms with Gasteiger partial charge >= 0.3 is 6.16 Å². The van der Waals surface area contributed by atoms with E-state index in [4.69, 9.17) is 9.84 Å². The number of carbonyl (C=O) groups is 1. The number of fused-ring (bicyclic) bond motifs is 1. The van der Waals surface area contributed by atoms with Crippen LogP contribution in [-0.2, 0) is 6.54 Å². The number of aliphatic imine (C=N–C) groups is 1. The van der Waals surface area contributed by atoms with E-state index in [1.54, 1.807) is 19.1 Å². The van der Waals surface area contributed by atoms with Gasteiger partial charge in [-0.15, -0.1) is 0 Å². The lowest BCUT2D eigenvalue weighted by Gasteiger charge is -2.09. The summed E-state index contributed by atoms with van der Waals surface area (Å²) in [7, 11) is 4.02. The van der Waals surface area contributed by atoms with Crippen LogP contribution in [0, 0.1) is 0 Å². The van der Waals surface area contributed by atoms with Crippen molar-refractivity contribution in [3.8, 4) is 11.6 Å². The van der Waals surface area contributed by atoms with Crippen LogP contribution in [0.5, 0.6) is 11.6 Å². The maximum absolute atomic E-state index is 10.8. The fraction of sp³-hybridized carbons (Fsp3) is 0.200. The maximum Gasteiger partial charge on any atom is 0.511 e. The van der Waals surface area contributed by atoms with Crippen molar-refractivity contribution in [1.82, 2.24) is 9.88 Å². The van der Waals surface area contributed by atoms with Crippen molar-refractivity contribution in [2.45, 2.75) is 13.5 Å². The van der Waals surface area contributed by atoms with E-state index in [0.29, 0.717) is 22.2 Å². The van der Waals surface area contributed by atoms with E-state index in [9.17, 15) is 9.90 Å². The molecule has 0 atom stereocenters. The molecule has 0 saturated carbocycles. The molecule has 0 aliphatic rings. The number of aromatic nitrogens is 1. The van der Waals surface area contributed by atoms with Crippen molar-refractivity contribution in [2.24, 2.45) is 4.99 Å². The van der Waals surface area contributed by atoms with Crippen LogP contribution in [0.25, 0.3) is 10.9 Å². The molecule has 0 radical (unpaired) electrons. The van der Waals surface area contributed by atoms with Crippen LogP contribution in [-0.4, -0.2) is 46.1 Å². The summed E-state index contributed by atoms with van der Waals surface area (Å²) >= 11 is 0. The lowest BCUT2D eigenvalue weighted by atomic mass is 10.1. The van der Waals surface area contributed by atoms with E-state index in [-0.39, 0.29) is 11.6 Å². The third-order valence-corrected chi connectivity index (χ3v) is 4.05.